The molecule has 0 spiro atoms. The summed E-state index contributed by atoms with van der Waals surface area (Å²) in [5, 5.41) is 5.66. The van der Waals surface area contributed by atoms with E-state index in [1.165, 1.54) is 46.2 Å². The summed E-state index contributed by atoms with van der Waals surface area (Å²) < 4.78 is 14.0. The average Bonchev–Trinajstić information content (AvgIpc) is 3.42. The largest absolute Gasteiger partial charge is 0.349 e. The maximum absolute atomic E-state index is 14.0. The SMILES string of the molecule is O=C(NCc1csc(-c2ccccc2)n1)[C@H]1CSCN1C(=O)c1ccccc1F. The van der Waals surface area contributed by atoms with Crippen LogP contribution in [0.4, 0.5) is 4.39 Å². The second-order valence-corrected chi connectivity index (χ2v) is 8.36. The maximum Gasteiger partial charge on any atom is 0.258 e. The first-order chi connectivity index (χ1) is 14.1. The van der Waals surface area contributed by atoms with Crippen LogP contribution >= 0.6 is 23.1 Å². The zero-order chi connectivity index (χ0) is 20.2. The van der Waals surface area contributed by atoms with Crippen molar-refractivity contribution in [1.29, 1.82) is 0 Å². The van der Waals surface area contributed by atoms with Crippen LogP contribution < -0.4 is 5.32 Å². The number of rotatable bonds is 5. The van der Waals surface area contributed by atoms with Crippen LogP contribution in [0.15, 0.2) is 60.0 Å². The maximum atomic E-state index is 14.0. The smallest absolute Gasteiger partial charge is 0.258 e. The highest BCUT2D eigenvalue weighted by atomic mass is 32.2. The average molecular weight is 428 g/mol. The Morgan fingerprint density at radius 2 is 1.90 bits per heavy atom. The minimum atomic E-state index is -0.626. The van der Waals surface area contributed by atoms with E-state index < -0.39 is 17.8 Å². The van der Waals surface area contributed by atoms with E-state index in [1.54, 1.807) is 6.07 Å². The molecule has 29 heavy (non-hydrogen) atoms. The number of carbonyl (C=O) groups is 2. The third-order valence-corrected chi connectivity index (χ3v) is 6.52. The van der Waals surface area contributed by atoms with Crippen molar-refractivity contribution in [3.8, 4) is 10.6 Å². The molecule has 1 aliphatic heterocycles. The van der Waals surface area contributed by atoms with Gasteiger partial charge >= 0.3 is 0 Å². The predicted octanol–water partition coefficient (Wildman–Crippen LogP) is 3.78. The van der Waals surface area contributed by atoms with Crippen molar-refractivity contribution in [1.82, 2.24) is 15.2 Å². The minimum absolute atomic E-state index is 0.0141. The highest BCUT2D eigenvalue weighted by molar-refractivity contribution is 7.99. The normalized spacial score (nSPS) is 16.0. The monoisotopic (exact) mass is 427 g/mol. The third kappa shape index (κ3) is 4.33. The Labute approximate surface area is 176 Å². The van der Waals surface area contributed by atoms with E-state index in [-0.39, 0.29) is 18.0 Å². The van der Waals surface area contributed by atoms with Crippen molar-refractivity contribution in [3.63, 3.8) is 0 Å². The van der Waals surface area contributed by atoms with E-state index in [2.05, 4.69) is 10.3 Å². The molecule has 1 fully saturated rings. The number of thiazole rings is 1. The molecule has 2 heterocycles. The molecule has 3 aromatic rings. The van der Waals surface area contributed by atoms with Crippen molar-refractivity contribution >= 4 is 34.9 Å². The number of benzene rings is 2. The first-order valence-electron chi connectivity index (χ1n) is 9.04. The van der Waals surface area contributed by atoms with Crippen LogP contribution in [0.2, 0.25) is 0 Å². The van der Waals surface area contributed by atoms with Crippen LogP contribution in [0, 0.1) is 5.82 Å². The number of nitrogens with zero attached hydrogens (tertiary/aromatic N) is 2. The Kier molecular flexibility index (Phi) is 5.92. The lowest BCUT2D eigenvalue weighted by Crippen LogP contribution is -2.47. The van der Waals surface area contributed by atoms with Gasteiger partial charge in [-0.05, 0) is 12.1 Å². The molecule has 4 rings (SSSR count). The number of amides is 2. The van der Waals surface area contributed by atoms with Crippen LogP contribution in [0.5, 0.6) is 0 Å². The molecule has 2 aromatic carbocycles. The lowest BCUT2D eigenvalue weighted by Gasteiger charge is -2.23. The van der Waals surface area contributed by atoms with Gasteiger partial charge in [0, 0.05) is 16.7 Å². The van der Waals surface area contributed by atoms with Crippen molar-refractivity contribution < 1.29 is 14.0 Å². The van der Waals surface area contributed by atoms with Gasteiger partial charge in [-0.25, -0.2) is 9.37 Å². The zero-order valence-corrected chi connectivity index (χ0v) is 17.0. The summed E-state index contributed by atoms with van der Waals surface area (Å²) in [6, 6.07) is 15.0. The van der Waals surface area contributed by atoms with Gasteiger partial charge in [0.2, 0.25) is 5.91 Å². The van der Waals surface area contributed by atoms with Gasteiger partial charge < -0.3 is 10.2 Å². The minimum Gasteiger partial charge on any atom is -0.349 e. The van der Waals surface area contributed by atoms with E-state index in [1.807, 2.05) is 35.7 Å². The summed E-state index contributed by atoms with van der Waals surface area (Å²) in [5.41, 5.74) is 1.78. The number of aromatic nitrogens is 1. The zero-order valence-electron chi connectivity index (χ0n) is 15.4. The molecule has 0 radical (unpaired) electrons. The van der Waals surface area contributed by atoms with Crippen molar-refractivity contribution in [2.75, 3.05) is 11.6 Å². The van der Waals surface area contributed by atoms with E-state index in [0.29, 0.717) is 11.6 Å². The Balaban J connectivity index is 1.40. The Morgan fingerprint density at radius 3 is 2.69 bits per heavy atom. The van der Waals surface area contributed by atoms with Crippen LogP contribution in [-0.2, 0) is 11.3 Å². The summed E-state index contributed by atoms with van der Waals surface area (Å²) in [5.74, 6) is -0.454. The molecule has 8 heteroatoms. The molecule has 0 saturated carbocycles. The first-order valence-corrected chi connectivity index (χ1v) is 11.1. The number of carbonyl (C=O) groups excluding carboxylic acids is 2. The molecule has 0 bridgehead atoms. The topological polar surface area (TPSA) is 62.3 Å². The van der Waals surface area contributed by atoms with E-state index in [9.17, 15) is 14.0 Å². The summed E-state index contributed by atoms with van der Waals surface area (Å²) in [4.78, 5) is 31.4. The first kappa shape index (κ1) is 19.6. The second kappa shape index (κ2) is 8.75. The van der Waals surface area contributed by atoms with E-state index in [0.717, 1.165) is 16.3 Å². The third-order valence-electron chi connectivity index (χ3n) is 4.57. The molecule has 5 nitrogen and oxygen atoms in total. The number of hydrogen-bond donors (Lipinski definition) is 1. The van der Waals surface area contributed by atoms with Crippen LogP contribution in [0.1, 0.15) is 16.1 Å². The molecular weight excluding hydrogens is 409 g/mol. The quantitative estimate of drug-likeness (QED) is 0.673. The molecule has 1 aromatic heterocycles. The summed E-state index contributed by atoms with van der Waals surface area (Å²) in [6.45, 7) is 0.283. The number of hydrogen-bond acceptors (Lipinski definition) is 5. The van der Waals surface area contributed by atoms with Gasteiger partial charge in [0.25, 0.3) is 5.91 Å². The molecule has 1 N–H and O–H groups in total. The van der Waals surface area contributed by atoms with Gasteiger partial charge in [0.1, 0.15) is 16.9 Å². The Bertz CT molecular complexity index is 1030. The molecule has 1 atom stereocenters. The lowest BCUT2D eigenvalue weighted by atomic mass is 10.1. The lowest BCUT2D eigenvalue weighted by molar-refractivity contribution is -0.124. The van der Waals surface area contributed by atoms with E-state index >= 15 is 0 Å². The molecule has 1 aliphatic rings. The summed E-state index contributed by atoms with van der Waals surface area (Å²) in [7, 11) is 0. The van der Waals surface area contributed by atoms with Crippen LogP contribution in [0.3, 0.4) is 0 Å². The van der Waals surface area contributed by atoms with Gasteiger partial charge in [-0.1, -0.05) is 42.5 Å². The molecule has 148 valence electrons. The Hall–Kier alpha value is -2.71. The van der Waals surface area contributed by atoms with Gasteiger partial charge in [-0.15, -0.1) is 23.1 Å². The predicted molar refractivity (Wildman–Crippen MR) is 113 cm³/mol. The molecule has 1 saturated heterocycles. The number of thioether (sulfide) groups is 1. The summed E-state index contributed by atoms with van der Waals surface area (Å²) in [6.07, 6.45) is 0. The van der Waals surface area contributed by atoms with Crippen LogP contribution in [0.25, 0.3) is 10.6 Å². The molecule has 0 unspecified atom stereocenters. The van der Waals surface area contributed by atoms with Gasteiger partial charge in [-0.2, -0.15) is 0 Å². The fourth-order valence-electron chi connectivity index (χ4n) is 3.05. The highest BCUT2D eigenvalue weighted by Crippen LogP contribution is 2.25. The fraction of sp³-hybridized carbons (Fsp3) is 0.190. The van der Waals surface area contributed by atoms with Gasteiger partial charge in [-0.3, -0.25) is 9.59 Å². The van der Waals surface area contributed by atoms with E-state index in [4.69, 9.17) is 0 Å². The Morgan fingerprint density at radius 1 is 1.14 bits per heavy atom. The number of halogens is 1. The molecular formula is C21H18FN3O2S2. The van der Waals surface area contributed by atoms with Gasteiger partial charge in [0.05, 0.1) is 23.7 Å². The fourth-order valence-corrected chi connectivity index (χ4v) is 5.03. The summed E-state index contributed by atoms with van der Waals surface area (Å²) >= 11 is 3.00. The second-order valence-electron chi connectivity index (χ2n) is 6.50. The van der Waals surface area contributed by atoms with Crippen LogP contribution in [-0.4, -0.2) is 39.4 Å². The van der Waals surface area contributed by atoms with Crippen molar-refractivity contribution in [2.45, 2.75) is 12.6 Å². The molecule has 0 aliphatic carbocycles. The number of nitrogens with one attached hydrogen (secondary N) is 1. The highest BCUT2D eigenvalue weighted by Gasteiger charge is 2.35. The van der Waals surface area contributed by atoms with Crippen molar-refractivity contribution in [2.24, 2.45) is 0 Å². The molecule has 2 amide bonds. The van der Waals surface area contributed by atoms with Gasteiger partial charge in [0.15, 0.2) is 0 Å². The standard InChI is InChI=1S/C21H18FN3O2S2/c22-17-9-5-4-8-16(17)21(27)25-13-28-12-18(25)19(26)23-10-15-11-29-20(24-15)14-6-2-1-3-7-14/h1-9,11,18H,10,12-13H2,(H,23,26)/t18-/m1/s1. The van der Waals surface area contributed by atoms with Crippen molar-refractivity contribution in [3.05, 3.63) is 77.1 Å².